The third kappa shape index (κ3) is 8.76. The van der Waals surface area contributed by atoms with Crippen molar-refractivity contribution < 1.29 is 9.59 Å². The fourth-order valence-corrected chi connectivity index (χ4v) is 2.57. The normalized spacial score (nSPS) is 10.6. The number of carbonyl (C=O) groups excluding carboxylic acids is 2. The predicted molar refractivity (Wildman–Crippen MR) is 130 cm³/mol. The third-order valence-corrected chi connectivity index (χ3v) is 3.96. The van der Waals surface area contributed by atoms with Gasteiger partial charge in [0.15, 0.2) is 5.96 Å². The molecule has 1 aromatic heterocycles. The van der Waals surface area contributed by atoms with Crippen molar-refractivity contribution in [3.05, 3.63) is 59.9 Å². The SMILES string of the molecule is CCNC(=NCC(=O)Nc1cccnc1)NCCc1cccc(C(=O)N(C)C)c1.I. The van der Waals surface area contributed by atoms with Crippen LogP contribution in [0.3, 0.4) is 0 Å². The first kappa shape index (κ1) is 25.3. The summed E-state index contributed by atoms with van der Waals surface area (Å²) in [5.74, 6) is 0.328. The number of benzene rings is 1. The van der Waals surface area contributed by atoms with E-state index in [-0.39, 0.29) is 42.3 Å². The van der Waals surface area contributed by atoms with E-state index in [0.29, 0.717) is 30.3 Å². The molecule has 0 atom stereocenters. The van der Waals surface area contributed by atoms with Gasteiger partial charge < -0.3 is 20.9 Å². The molecule has 0 bridgehead atoms. The van der Waals surface area contributed by atoms with Crippen LogP contribution in [0.5, 0.6) is 0 Å². The molecule has 2 rings (SSSR count). The lowest BCUT2D eigenvalue weighted by Crippen LogP contribution is -2.39. The van der Waals surface area contributed by atoms with Crippen LogP contribution in [-0.4, -0.2) is 61.4 Å². The maximum absolute atomic E-state index is 12.1. The Morgan fingerprint density at radius 1 is 1.13 bits per heavy atom. The van der Waals surface area contributed by atoms with Gasteiger partial charge in [-0.25, -0.2) is 4.99 Å². The van der Waals surface area contributed by atoms with Gasteiger partial charge in [0.1, 0.15) is 6.54 Å². The minimum atomic E-state index is -0.217. The second-order valence-corrected chi connectivity index (χ2v) is 6.56. The average molecular weight is 524 g/mol. The number of hydrogen-bond acceptors (Lipinski definition) is 4. The largest absolute Gasteiger partial charge is 0.357 e. The lowest BCUT2D eigenvalue weighted by Gasteiger charge is -2.13. The first-order chi connectivity index (χ1) is 14.0. The Labute approximate surface area is 194 Å². The number of carbonyl (C=O) groups is 2. The molecule has 0 aliphatic rings. The number of hydrogen-bond donors (Lipinski definition) is 3. The summed E-state index contributed by atoms with van der Waals surface area (Å²) in [5.41, 5.74) is 2.35. The molecule has 0 fully saturated rings. The molecule has 0 unspecified atom stereocenters. The lowest BCUT2D eigenvalue weighted by molar-refractivity contribution is -0.114. The summed E-state index contributed by atoms with van der Waals surface area (Å²) in [4.78, 5) is 33.9. The van der Waals surface area contributed by atoms with Gasteiger partial charge in [0, 0.05) is 38.9 Å². The molecule has 1 aromatic carbocycles. The molecule has 9 heteroatoms. The van der Waals surface area contributed by atoms with Crippen molar-refractivity contribution in [3.63, 3.8) is 0 Å². The molecule has 162 valence electrons. The molecule has 2 amide bonds. The fraction of sp³-hybridized carbons (Fsp3) is 0.333. The van der Waals surface area contributed by atoms with Gasteiger partial charge in [-0.15, -0.1) is 24.0 Å². The first-order valence-corrected chi connectivity index (χ1v) is 9.52. The highest BCUT2D eigenvalue weighted by atomic mass is 127. The van der Waals surface area contributed by atoms with E-state index in [1.54, 1.807) is 43.5 Å². The zero-order valence-electron chi connectivity index (χ0n) is 17.5. The number of halogens is 1. The Morgan fingerprint density at radius 2 is 1.93 bits per heavy atom. The van der Waals surface area contributed by atoms with Gasteiger partial charge in [-0.2, -0.15) is 0 Å². The van der Waals surface area contributed by atoms with E-state index in [1.807, 2.05) is 31.2 Å². The summed E-state index contributed by atoms with van der Waals surface area (Å²) in [6.07, 6.45) is 3.95. The van der Waals surface area contributed by atoms with Gasteiger partial charge in [0.05, 0.1) is 11.9 Å². The number of anilines is 1. The number of rotatable bonds is 8. The Hall–Kier alpha value is -2.69. The van der Waals surface area contributed by atoms with E-state index in [0.717, 1.165) is 12.0 Å². The zero-order valence-corrected chi connectivity index (χ0v) is 19.8. The minimum absolute atomic E-state index is 0. The fourth-order valence-electron chi connectivity index (χ4n) is 2.57. The van der Waals surface area contributed by atoms with Crippen molar-refractivity contribution in [2.75, 3.05) is 39.0 Å². The van der Waals surface area contributed by atoms with Gasteiger partial charge in [-0.05, 0) is 43.2 Å². The molecular formula is C21H29IN6O2. The van der Waals surface area contributed by atoms with Crippen molar-refractivity contribution in [2.45, 2.75) is 13.3 Å². The number of nitrogens with one attached hydrogen (secondary N) is 3. The number of aromatic nitrogens is 1. The van der Waals surface area contributed by atoms with Crippen LogP contribution in [-0.2, 0) is 11.2 Å². The Morgan fingerprint density at radius 3 is 2.60 bits per heavy atom. The van der Waals surface area contributed by atoms with E-state index < -0.39 is 0 Å². The van der Waals surface area contributed by atoms with E-state index in [1.165, 1.54) is 0 Å². The molecule has 0 aliphatic heterocycles. The number of amides is 2. The van der Waals surface area contributed by atoms with Gasteiger partial charge >= 0.3 is 0 Å². The van der Waals surface area contributed by atoms with Crippen molar-refractivity contribution in [1.29, 1.82) is 0 Å². The first-order valence-electron chi connectivity index (χ1n) is 9.52. The Balaban J connectivity index is 0.00000450. The highest BCUT2D eigenvalue weighted by Crippen LogP contribution is 2.07. The highest BCUT2D eigenvalue weighted by Gasteiger charge is 2.08. The molecule has 0 aliphatic carbocycles. The summed E-state index contributed by atoms with van der Waals surface area (Å²) in [5, 5.41) is 9.08. The molecule has 30 heavy (non-hydrogen) atoms. The molecule has 0 radical (unpaired) electrons. The number of pyridine rings is 1. The van der Waals surface area contributed by atoms with Crippen molar-refractivity contribution in [1.82, 2.24) is 20.5 Å². The molecule has 0 saturated heterocycles. The Bertz CT molecular complexity index is 842. The molecule has 3 N–H and O–H groups in total. The minimum Gasteiger partial charge on any atom is -0.357 e. The van der Waals surface area contributed by atoms with E-state index in [9.17, 15) is 9.59 Å². The maximum atomic E-state index is 12.1. The van der Waals surface area contributed by atoms with Crippen LogP contribution in [0, 0.1) is 0 Å². The van der Waals surface area contributed by atoms with E-state index in [4.69, 9.17) is 0 Å². The Kier molecular flexibility index (Phi) is 11.4. The van der Waals surface area contributed by atoms with Crippen LogP contribution in [0.2, 0.25) is 0 Å². The molecule has 0 spiro atoms. The predicted octanol–water partition coefficient (Wildman–Crippen LogP) is 2.14. The van der Waals surface area contributed by atoms with Gasteiger partial charge in [0.25, 0.3) is 5.91 Å². The highest BCUT2D eigenvalue weighted by molar-refractivity contribution is 14.0. The lowest BCUT2D eigenvalue weighted by atomic mass is 10.1. The maximum Gasteiger partial charge on any atom is 0.253 e. The van der Waals surface area contributed by atoms with Gasteiger partial charge in [-0.1, -0.05) is 12.1 Å². The second kappa shape index (κ2) is 13.5. The van der Waals surface area contributed by atoms with Gasteiger partial charge in [-0.3, -0.25) is 14.6 Å². The molecule has 1 heterocycles. The number of nitrogens with zero attached hydrogens (tertiary/aromatic N) is 3. The molecular weight excluding hydrogens is 495 g/mol. The quantitative estimate of drug-likeness (QED) is 0.279. The summed E-state index contributed by atoms with van der Waals surface area (Å²) < 4.78 is 0. The van der Waals surface area contributed by atoms with E-state index >= 15 is 0 Å². The number of aliphatic imine (C=N–C) groups is 1. The summed E-state index contributed by atoms with van der Waals surface area (Å²) in [6.45, 7) is 3.26. The molecule has 8 nitrogen and oxygen atoms in total. The van der Waals surface area contributed by atoms with Crippen LogP contribution in [0.1, 0.15) is 22.8 Å². The molecule has 2 aromatic rings. The van der Waals surface area contributed by atoms with Crippen molar-refractivity contribution in [3.8, 4) is 0 Å². The standard InChI is InChI=1S/C21H28N6O2.HI/c1-4-23-21(25-15-19(28)26-18-9-6-11-22-14-18)24-12-10-16-7-5-8-17(13-16)20(29)27(2)3;/h5-9,11,13-14H,4,10,12,15H2,1-3H3,(H,26,28)(H2,23,24,25);1H. The average Bonchev–Trinajstić information content (AvgIpc) is 2.72. The smallest absolute Gasteiger partial charge is 0.253 e. The second-order valence-electron chi connectivity index (χ2n) is 6.56. The topological polar surface area (TPSA) is 98.7 Å². The third-order valence-electron chi connectivity index (χ3n) is 3.96. The van der Waals surface area contributed by atoms with Crippen molar-refractivity contribution >= 4 is 47.4 Å². The summed E-state index contributed by atoms with van der Waals surface area (Å²) in [7, 11) is 3.47. The van der Waals surface area contributed by atoms with Crippen molar-refractivity contribution in [2.24, 2.45) is 4.99 Å². The summed E-state index contributed by atoms with van der Waals surface area (Å²) >= 11 is 0. The van der Waals surface area contributed by atoms with Crippen LogP contribution < -0.4 is 16.0 Å². The van der Waals surface area contributed by atoms with Crippen LogP contribution >= 0.6 is 24.0 Å². The monoisotopic (exact) mass is 524 g/mol. The van der Waals surface area contributed by atoms with Gasteiger partial charge in [0.2, 0.25) is 5.91 Å². The van der Waals surface area contributed by atoms with Crippen LogP contribution in [0.25, 0.3) is 0 Å². The zero-order chi connectivity index (χ0) is 21.1. The van der Waals surface area contributed by atoms with Crippen LogP contribution in [0.4, 0.5) is 5.69 Å². The number of guanidine groups is 1. The van der Waals surface area contributed by atoms with E-state index in [2.05, 4.69) is 25.9 Å². The molecule has 0 saturated carbocycles. The van der Waals surface area contributed by atoms with Crippen LogP contribution in [0.15, 0.2) is 53.8 Å². The summed E-state index contributed by atoms with van der Waals surface area (Å²) in [6, 6.07) is 11.1.